The van der Waals surface area contributed by atoms with Crippen molar-refractivity contribution in [3.8, 4) is 5.75 Å². The lowest BCUT2D eigenvalue weighted by atomic mass is 10.2. The number of pyridine rings is 1. The molecule has 0 bridgehead atoms. The predicted molar refractivity (Wildman–Crippen MR) is 106 cm³/mol. The van der Waals surface area contributed by atoms with Crippen molar-refractivity contribution in [1.82, 2.24) is 15.6 Å². The maximum atomic E-state index is 12.7. The minimum absolute atomic E-state index is 0.154. The molecule has 2 N–H and O–H groups in total. The Morgan fingerprint density at radius 1 is 1.29 bits per heavy atom. The number of aromatic nitrogens is 1. The zero-order valence-electron chi connectivity index (χ0n) is 15.8. The van der Waals surface area contributed by atoms with Gasteiger partial charge in [-0.15, -0.1) is 0 Å². The van der Waals surface area contributed by atoms with Crippen LogP contribution in [0.2, 0.25) is 0 Å². The summed E-state index contributed by atoms with van der Waals surface area (Å²) in [6.45, 7) is 1.83. The van der Waals surface area contributed by atoms with Gasteiger partial charge in [-0.25, -0.2) is 4.99 Å². The largest absolute Gasteiger partial charge is 0.433 e. The topological polar surface area (TPSA) is 61.8 Å². The summed E-state index contributed by atoms with van der Waals surface area (Å²) in [7, 11) is 0. The van der Waals surface area contributed by atoms with Crippen molar-refractivity contribution in [2.75, 3.05) is 24.5 Å². The predicted octanol–water partition coefficient (Wildman–Crippen LogP) is 3.02. The SMILES string of the molecule is CCNC(=NCc1ccccn1)NC1CCN(c2ccccc2OC(F)F)C1. The number of hydrogen-bond acceptors (Lipinski definition) is 4. The Labute approximate surface area is 163 Å². The maximum Gasteiger partial charge on any atom is 0.387 e. The second-order valence-corrected chi connectivity index (χ2v) is 6.44. The Kier molecular flexibility index (Phi) is 7.00. The number of halogens is 2. The molecule has 0 amide bonds. The molecule has 1 fully saturated rings. The smallest absolute Gasteiger partial charge is 0.387 e. The van der Waals surface area contributed by atoms with E-state index in [1.165, 1.54) is 0 Å². The zero-order chi connectivity index (χ0) is 19.8. The molecule has 0 spiro atoms. The van der Waals surface area contributed by atoms with E-state index in [0.717, 1.165) is 31.2 Å². The molecule has 3 rings (SSSR count). The lowest BCUT2D eigenvalue weighted by Gasteiger charge is -2.22. The average Bonchev–Trinajstić information content (AvgIpc) is 3.15. The summed E-state index contributed by atoms with van der Waals surface area (Å²) in [4.78, 5) is 10.9. The molecule has 1 aromatic carbocycles. The molecule has 1 aliphatic rings. The van der Waals surface area contributed by atoms with Crippen LogP contribution in [0.5, 0.6) is 5.75 Å². The van der Waals surface area contributed by atoms with Crippen LogP contribution in [0.15, 0.2) is 53.7 Å². The standard InChI is InChI=1S/C20H25F2N5O/c1-2-23-20(25-13-15-7-5-6-11-24-15)26-16-10-12-27(14-16)17-8-3-4-9-18(17)28-19(21)22/h3-9,11,16,19H,2,10,12-14H2,1H3,(H2,23,25,26). The molecule has 28 heavy (non-hydrogen) atoms. The number of benzene rings is 1. The molecule has 8 heteroatoms. The second-order valence-electron chi connectivity index (χ2n) is 6.44. The molecule has 1 unspecified atom stereocenters. The first-order valence-electron chi connectivity index (χ1n) is 9.39. The Bertz CT molecular complexity index is 772. The lowest BCUT2D eigenvalue weighted by Crippen LogP contribution is -2.44. The van der Waals surface area contributed by atoms with Crippen LogP contribution in [0.4, 0.5) is 14.5 Å². The van der Waals surface area contributed by atoms with Gasteiger partial charge in [-0.2, -0.15) is 8.78 Å². The average molecular weight is 389 g/mol. The van der Waals surface area contributed by atoms with Gasteiger partial charge >= 0.3 is 6.61 Å². The van der Waals surface area contributed by atoms with Crippen molar-refractivity contribution in [2.24, 2.45) is 4.99 Å². The van der Waals surface area contributed by atoms with Crippen molar-refractivity contribution in [3.63, 3.8) is 0 Å². The highest BCUT2D eigenvalue weighted by Crippen LogP contribution is 2.31. The minimum atomic E-state index is -2.84. The number of aliphatic imine (C=N–C) groups is 1. The third-order valence-electron chi connectivity index (χ3n) is 4.42. The van der Waals surface area contributed by atoms with Crippen molar-refractivity contribution < 1.29 is 13.5 Å². The number of hydrogen-bond donors (Lipinski definition) is 2. The van der Waals surface area contributed by atoms with Crippen LogP contribution in [-0.4, -0.2) is 43.2 Å². The van der Waals surface area contributed by atoms with Crippen LogP contribution in [-0.2, 0) is 6.54 Å². The number of anilines is 1. The van der Waals surface area contributed by atoms with Gasteiger partial charge in [0.2, 0.25) is 0 Å². The summed E-state index contributed by atoms with van der Waals surface area (Å²) in [6.07, 6.45) is 2.62. The van der Waals surface area contributed by atoms with E-state index in [1.54, 1.807) is 24.4 Å². The highest BCUT2D eigenvalue weighted by Gasteiger charge is 2.26. The van der Waals surface area contributed by atoms with E-state index >= 15 is 0 Å². The normalized spacial score (nSPS) is 17.1. The van der Waals surface area contributed by atoms with Gasteiger partial charge in [0, 0.05) is 31.9 Å². The summed E-state index contributed by atoms with van der Waals surface area (Å²) in [5.41, 5.74) is 1.58. The molecule has 150 valence electrons. The summed E-state index contributed by atoms with van der Waals surface area (Å²) >= 11 is 0. The molecule has 1 aromatic heterocycles. The fraction of sp³-hybridized carbons (Fsp3) is 0.400. The Hall–Kier alpha value is -2.90. The van der Waals surface area contributed by atoms with Crippen LogP contribution >= 0.6 is 0 Å². The minimum Gasteiger partial charge on any atom is -0.433 e. The number of guanidine groups is 1. The molecular weight excluding hydrogens is 364 g/mol. The number of nitrogens with zero attached hydrogens (tertiary/aromatic N) is 3. The number of para-hydroxylation sites is 2. The Morgan fingerprint density at radius 2 is 2.11 bits per heavy atom. The molecular formula is C20H25F2N5O. The molecule has 2 aromatic rings. The van der Waals surface area contributed by atoms with Crippen molar-refractivity contribution >= 4 is 11.6 Å². The third kappa shape index (κ3) is 5.55. The zero-order valence-corrected chi connectivity index (χ0v) is 15.8. The fourth-order valence-electron chi connectivity index (χ4n) is 3.18. The van der Waals surface area contributed by atoms with Crippen molar-refractivity contribution in [2.45, 2.75) is 32.5 Å². The molecule has 0 radical (unpaired) electrons. The van der Waals surface area contributed by atoms with E-state index in [-0.39, 0.29) is 11.8 Å². The molecule has 0 aliphatic carbocycles. The summed E-state index contributed by atoms with van der Waals surface area (Å²) in [5, 5.41) is 6.67. The molecule has 2 heterocycles. The second kappa shape index (κ2) is 9.87. The van der Waals surface area contributed by atoms with Gasteiger partial charge in [0.1, 0.15) is 5.75 Å². The number of nitrogens with one attached hydrogen (secondary N) is 2. The van der Waals surface area contributed by atoms with E-state index < -0.39 is 6.61 Å². The number of ether oxygens (including phenoxy) is 1. The first-order valence-corrected chi connectivity index (χ1v) is 9.39. The molecule has 1 saturated heterocycles. The van der Waals surface area contributed by atoms with Gasteiger partial charge in [0.25, 0.3) is 0 Å². The quantitative estimate of drug-likeness (QED) is 0.563. The van der Waals surface area contributed by atoms with Crippen LogP contribution in [0.1, 0.15) is 19.0 Å². The molecule has 1 aliphatic heterocycles. The van der Waals surface area contributed by atoms with Gasteiger partial charge < -0.3 is 20.3 Å². The summed E-state index contributed by atoms with van der Waals surface area (Å²) in [6, 6.07) is 12.8. The van der Waals surface area contributed by atoms with Crippen molar-refractivity contribution in [1.29, 1.82) is 0 Å². The van der Waals surface area contributed by atoms with E-state index in [4.69, 9.17) is 0 Å². The monoisotopic (exact) mass is 389 g/mol. The van der Waals surface area contributed by atoms with Crippen LogP contribution in [0, 0.1) is 0 Å². The van der Waals surface area contributed by atoms with Gasteiger partial charge in [-0.05, 0) is 37.6 Å². The summed E-state index contributed by atoms with van der Waals surface area (Å²) in [5.74, 6) is 0.922. The van der Waals surface area contributed by atoms with Gasteiger partial charge in [0.05, 0.1) is 17.9 Å². The summed E-state index contributed by atoms with van der Waals surface area (Å²) < 4.78 is 30.0. The molecule has 0 saturated carbocycles. The first kappa shape index (κ1) is 19.9. The van der Waals surface area contributed by atoms with E-state index in [9.17, 15) is 8.78 Å². The first-order chi connectivity index (χ1) is 13.7. The van der Waals surface area contributed by atoms with Crippen molar-refractivity contribution in [3.05, 3.63) is 54.4 Å². The fourth-order valence-corrected chi connectivity index (χ4v) is 3.18. The highest BCUT2D eigenvalue weighted by molar-refractivity contribution is 5.80. The van der Waals surface area contributed by atoms with Gasteiger partial charge in [-0.3, -0.25) is 4.98 Å². The molecule has 1 atom stereocenters. The van der Waals surface area contributed by atoms with Gasteiger partial charge in [-0.1, -0.05) is 18.2 Å². The highest BCUT2D eigenvalue weighted by atomic mass is 19.3. The lowest BCUT2D eigenvalue weighted by molar-refractivity contribution is -0.0495. The van der Waals surface area contributed by atoms with Crippen LogP contribution in [0.25, 0.3) is 0 Å². The van der Waals surface area contributed by atoms with Gasteiger partial charge in [0.15, 0.2) is 5.96 Å². The van der Waals surface area contributed by atoms with E-state index in [0.29, 0.717) is 18.8 Å². The Morgan fingerprint density at radius 3 is 2.86 bits per heavy atom. The van der Waals surface area contributed by atoms with E-state index in [2.05, 4.69) is 30.2 Å². The van der Waals surface area contributed by atoms with Crippen LogP contribution in [0.3, 0.4) is 0 Å². The number of rotatable bonds is 7. The van der Waals surface area contributed by atoms with Crippen LogP contribution < -0.4 is 20.3 Å². The van der Waals surface area contributed by atoms with E-state index in [1.807, 2.05) is 31.2 Å². The Balaban J connectivity index is 1.62. The maximum absolute atomic E-state index is 12.7. The molecule has 6 nitrogen and oxygen atoms in total. The third-order valence-corrected chi connectivity index (χ3v) is 4.42. The number of alkyl halides is 2.